The third-order valence-corrected chi connectivity index (χ3v) is 7.69. The number of aromatic nitrogens is 1. The van der Waals surface area contributed by atoms with Crippen molar-refractivity contribution in [3.8, 4) is 0 Å². The highest BCUT2D eigenvalue weighted by Gasteiger charge is 2.32. The second-order valence-corrected chi connectivity index (χ2v) is 11.2. The number of aliphatic carboxylic acids is 1. The first-order valence-electron chi connectivity index (χ1n) is 14.0. The predicted octanol–water partition coefficient (Wildman–Crippen LogP) is 0.430. The summed E-state index contributed by atoms with van der Waals surface area (Å²) in [5.41, 5.74) is 18.7. The van der Waals surface area contributed by atoms with E-state index in [1.165, 1.54) is 11.8 Å². The number of carbonyl (C=O) groups is 4. The van der Waals surface area contributed by atoms with Gasteiger partial charge in [0.2, 0.25) is 17.7 Å². The van der Waals surface area contributed by atoms with Gasteiger partial charge >= 0.3 is 5.97 Å². The molecule has 232 valence electrons. The van der Waals surface area contributed by atoms with Crippen molar-refractivity contribution in [1.29, 1.82) is 0 Å². The van der Waals surface area contributed by atoms with Gasteiger partial charge in [-0.15, -0.1) is 0 Å². The zero-order valence-electron chi connectivity index (χ0n) is 24.4. The molecule has 2 aromatic rings. The van der Waals surface area contributed by atoms with E-state index in [2.05, 4.69) is 25.9 Å². The molecule has 11 N–H and O–H groups in total. The molecule has 1 aromatic heterocycles. The molecule has 42 heavy (non-hydrogen) atoms. The number of guanidine groups is 1. The van der Waals surface area contributed by atoms with Crippen LogP contribution in [0.2, 0.25) is 0 Å². The third-order valence-electron chi connectivity index (χ3n) is 7.05. The maximum absolute atomic E-state index is 13.4. The number of thioether (sulfide) groups is 1. The molecule has 1 heterocycles. The summed E-state index contributed by atoms with van der Waals surface area (Å²) < 4.78 is 0. The van der Waals surface area contributed by atoms with Gasteiger partial charge in [-0.05, 0) is 55.2 Å². The number of para-hydroxylation sites is 1. The van der Waals surface area contributed by atoms with Crippen LogP contribution in [-0.4, -0.2) is 82.5 Å². The summed E-state index contributed by atoms with van der Waals surface area (Å²) in [6.07, 6.45) is 5.25. The van der Waals surface area contributed by atoms with Crippen LogP contribution in [0, 0.1) is 5.92 Å². The Morgan fingerprint density at radius 1 is 1.02 bits per heavy atom. The van der Waals surface area contributed by atoms with Crippen molar-refractivity contribution < 1.29 is 24.3 Å². The molecule has 3 amide bonds. The van der Waals surface area contributed by atoms with E-state index in [0.717, 1.165) is 16.5 Å². The highest BCUT2D eigenvalue weighted by Crippen LogP contribution is 2.19. The van der Waals surface area contributed by atoms with Gasteiger partial charge in [0.15, 0.2) is 5.96 Å². The molecule has 1 aromatic carbocycles. The fraction of sp³-hybridized carbons (Fsp3) is 0.536. The van der Waals surface area contributed by atoms with Crippen LogP contribution in [0.15, 0.2) is 35.5 Å². The maximum Gasteiger partial charge on any atom is 0.326 e. The van der Waals surface area contributed by atoms with Crippen LogP contribution in [0.3, 0.4) is 0 Å². The minimum Gasteiger partial charge on any atom is -0.480 e. The molecule has 2 rings (SSSR count). The minimum absolute atomic E-state index is 0.0970. The second kappa shape index (κ2) is 17.2. The fourth-order valence-electron chi connectivity index (χ4n) is 4.39. The number of nitrogens with two attached hydrogens (primary N) is 3. The second-order valence-electron chi connectivity index (χ2n) is 10.2. The van der Waals surface area contributed by atoms with Crippen molar-refractivity contribution in [2.24, 2.45) is 28.1 Å². The first kappa shape index (κ1) is 34.4. The first-order chi connectivity index (χ1) is 20.0. The molecule has 0 aliphatic carbocycles. The Bertz CT molecular complexity index is 1230. The Hall–Kier alpha value is -3.78. The van der Waals surface area contributed by atoms with Crippen LogP contribution in [0.5, 0.6) is 0 Å². The summed E-state index contributed by atoms with van der Waals surface area (Å²) in [7, 11) is 0. The van der Waals surface area contributed by atoms with Gasteiger partial charge in [-0.25, -0.2) is 4.79 Å². The molecule has 0 aliphatic heterocycles. The molecular formula is C28H44N8O5S. The zero-order valence-corrected chi connectivity index (χ0v) is 25.2. The van der Waals surface area contributed by atoms with E-state index in [-0.39, 0.29) is 31.3 Å². The highest BCUT2D eigenvalue weighted by molar-refractivity contribution is 7.98. The number of amides is 3. The number of nitrogens with one attached hydrogen (secondary N) is 4. The number of hydrogen-bond acceptors (Lipinski definition) is 7. The molecule has 0 saturated heterocycles. The predicted molar refractivity (Wildman–Crippen MR) is 166 cm³/mol. The van der Waals surface area contributed by atoms with Crippen LogP contribution in [-0.2, 0) is 25.6 Å². The lowest BCUT2D eigenvalue weighted by atomic mass is 9.97. The largest absolute Gasteiger partial charge is 0.480 e. The summed E-state index contributed by atoms with van der Waals surface area (Å²) >= 11 is 1.51. The number of fused-ring (bicyclic) bond motifs is 1. The van der Waals surface area contributed by atoms with E-state index in [0.29, 0.717) is 25.0 Å². The minimum atomic E-state index is -1.21. The average Bonchev–Trinajstić information content (AvgIpc) is 3.36. The number of nitrogens with zero attached hydrogens (tertiary/aromatic N) is 1. The summed E-state index contributed by atoms with van der Waals surface area (Å²) in [5.74, 6) is -2.71. The number of carbonyl (C=O) groups excluding carboxylic acids is 3. The SMILES string of the molecule is CCC(C)C(NC(=O)C(CCSC)NC(=O)C(N)Cc1c[nH]c2ccccc12)C(=O)NC(CCCN=C(N)N)C(=O)O. The van der Waals surface area contributed by atoms with E-state index >= 15 is 0 Å². The molecule has 13 nitrogen and oxygen atoms in total. The maximum atomic E-state index is 13.4. The van der Waals surface area contributed by atoms with Gasteiger partial charge < -0.3 is 43.2 Å². The van der Waals surface area contributed by atoms with E-state index in [1.807, 2.05) is 43.6 Å². The molecular weight excluding hydrogens is 560 g/mol. The molecule has 0 spiro atoms. The van der Waals surface area contributed by atoms with Gasteiger partial charge in [0.1, 0.15) is 18.1 Å². The third kappa shape index (κ3) is 10.6. The van der Waals surface area contributed by atoms with Crippen LogP contribution in [0.4, 0.5) is 0 Å². The molecule has 0 saturated carbocycles. The molecule has 5 atom stereocenters. The number of carboxylic acids is 1. The van der Waals surface area contributed by atoms with Crippen molar-refractivity contribution in [1.82, 2.24) is 20.9 Å². The molecule has 0 fully saturated rings. The topological polar surface area (TPSA) is 231 Å². The van der Waals surface area contributed by atoms with Crippen LogP contribution in [0.25, 0.3) is 10.9 Å². The van der Waals surface area contributed by atoms with Crippen molar-refractivity contribution in [3.63, 3.8) is 0 Å². The van der Waals surface area contributed by atoms with Gasteiger partial charge in [-0.2, -0.15) is 11.8 Å². The van der Waals surface area contributed by atoms with Gasteiger partial charge in [0.25, 0.3) is 0 Å². The molecule has 0 aliphatic rings. The van der Waals surface area contributed by atoms with E-state index in [4.69, 9.17) is 17.2 Å². The monoisotopic (exact) mass is 604 g/mol. The summed E-state index contributed by atoms with van der Waals surface area (Å²) in [6.45, 7) is 3.86. The lowest BCUT2D eigenvalue weighted by molar-refractivity contribution is -0.143. The number of aliphatic imine (C=N–C) groups is 1. The van der Waals surface area contributed by atoms with Crippen molar-refractivity contribution in [2.45, 2.75) is 70.1 Å². The number of H-pyrrole nitrogens is 1. The number of benzene rings is 1. The Kier molecular flexibility index (Phi) is 14.1. The Morgan fingerprint density at radius 3 is 2.36 bits per heavy atom. The molecule has 0 bridgehead atoms. The Labute approximate surface area is 250 Å². The van der Waals surface area contributed by atoms with Crippen LogP contribution >= 0.6 is 11.8 Å². The number of carboxylic acid groups (broad SMARTS) is 1. The summed E-state index contributed by atoms with van der Waals surface area (Å²) in [6, 6.07) is 3.64. The van der Waals surface area contributed by atoms with E-state index < -0.39 is 47.9 Å². The van der Waals surface area contributed by atoms with Crippen LogP contribution < -0.4 is 33.2 Å². The average molecular weight is 605 g/mol. The van der Waals surface area contributed by atoms with Crippen molar-refractivity contribution in [2.75, 3.05) is 18.6 Å². The Morgan fingerprint density at radius 2 is 1.71 bits per heavy atom. The standard InChI is InChI=1S/C28H44N8O5S/c1-4-16(2)23(26(39)35-22(27(40)41)10-7-12-32-28(30)31)36-25(38)21(11-13-42-3)34-24(37)19(29)14-17-15-33-20-9-6-5-8-18(17)20/h5-6,8-9,15-16,19,21-23,33H,4,7,10-14,29H2,1-3H3,(H,34,37)(H,35,39)(H,36,38)(H,40,41)(H4,30,31,32). The van der Waals surface area contributed by atoms with Gasteiger partial charge in [0.05, 0.1) is 6.04 Å². The van der Waals surface area contributed by atoms with E-state index in [9.17, 15) is 24.3 Å². The summed E-state index contributed by atoms with van der Waals surface area (Å²) in [5, 5.41) is 18.6. The van der Waals surface area contributed by atoms with Crippen molar-refractivity contribution in [3.05, 3.63) is 36.0 Å². The molecule has 0 radical (unpaired) electrons. The van der Waals surface area contributed by atoms with Crippen molar-refractivity contribution >= 4 is 52.3 Å². The molecule has 14 heteroatoms. The van der Waals surface area contributed by atoms with E-state index in [1.54, 1.807) is 6.92 Å². The number of aromatic amines is 1. The Balaban J connectivity index is 2.10. The normalized spacial score (nSPS) is 14.7. The number of rotatable bonds is 18. The fourth-order valence-corrected chi connectivity index (χ4v) is 4.86. The quantitative estimate of drug-likeness (QED) is 0.0669. The smallest absolute Gasteiger partial charge is 0.326 e. The zero-order chi connectivity index (χ0) is 31.2. The lowest BCUT2D eigenvalue weighted by Crippen LogP contribution is -2.58. The van der Waals surface area contributed by atoms with Gasteiger partial charge in [0, 0.05) is 23.6 Å². The van der Waals surface area contributed by atoms with Gasteiger partial charge in [-0.1, -0.05) is 38.5 Å². The summed E-state index contributed by atoms with van der Waals surface area (Å²) in [4.78, 5) is 58.5. The number of hydrogen-bond donors (Lipinski definition) is 8. The highest BCUT2D eigenvalue weighted by atomic mass is 32.2. The lowest BCUT2D eigenvalue weighted by Gasteiger charge is -2.28. The van der Waals surface area contributed by atoms with Crippen LogP contribution in [0.1, 0.15) is 45.1 Å². The van der Waals surface area contributed by atoms with Gasteiger partial charge in [-0.3, -0.25) is 19.4 Å². The molecule has 5 unspecified atom stereocenters. The first-order valence-corrected chi connectivity index (χ1v) is 15.4.